The summed E-state index contributed by atoms with van der Waals surface area (Å²) in [5, 5.41) is 17.8. The second-order valence-corrected chi connectivity index (χ2v) is 10.2. The van der Waals surface area contributed by atoms with E-state index in [1.54, 1.807) is 0 Å². The lowest BCUT2D eigenvalue weighted by Crippen LogP contribution is -2.33. The van der Waals surface area contributed by atoms with Crippen molar-refractivity contribution in [2.24, 2.45) is 0 Å². The van der Waals surface area contributed by atoms with Gasteiger partial charge in [-0.15, -0.1) is 0 Å². The van der Waals surface area contributed by atoms with Crippen LogP contribution in [0.3, 0.4) is 0 Å². The summed E-state index contributed by atoms with van der Waals surface area (Å²) < 4.78 is 69.5. The van der Waals surface area contributed by atoms with Crippen molar-refractivity contribution in [3.05, 3.63) is 28.2 Å². The van der Waals surface area contributed by atoms with Gasteiger partial charge in [0.1, 0.15) is 5.54 Å². The van der Waals surface area contributed by atoms with E-state index < -0.39 is 43.4 Å². The van der Waals surface area contributed by atoms with E-state index in [4.69, 9.17) is 15.1 Å². The van der Waals surface area contributed by atoms with Crippen LogP contribution >= 0.6 is 15.9 Å². The van der Waals surface area contributed by atoms with Crippen molar-refractivity contribution < 1.29 is 36.2 Å². The highest BCUT2D eigenvalue weighted by molar-refractivity contribution is 9.10. The molecule has 2 aliphatic rings. The summed E-state index contributed by atoms with van der Waals surface area (Å²) in [7, 11) is -2.56. The van der Waals surface area contributed by atoms with Crippen LogP contribution in [0.25, 0.3) is 0 Å². The van der Waals surface area contributed by atoms with Crippen LogP contribution in [-0.2, 0) is 20.8 Å². The lowest BCUT2D eigenvalue weighted by molar-refractivity contribution is -0.139. The van der Waals surface area contributed by atoms with Gasteiger partial charge in [-0.2, -0.15) is 18.4 Å². The molecule has 0 heterocycles. The van der Waals surface area contributed by atoms with Gasteiger partial charge in [0.05, 0.1) is 27.9 Å². The Kier molecular flexibility index (Phi) is 7.42. The Bertz CT molecular complexity index is 942. The van der Waals surface area contributed by atoms with E-state index in [1.807, 2.05) is 6.07 Å². The highest BCUT2D eigenvalue weighted by atomic mass is 79.9. The molecule has 1 amide bonds. The average Bonchev–Trinajstić information content (AvgIpc) is 3.24. The van der Waals surface area contributed by atoms with E-state index in [1.165, 1.54) is 13.2 Å². The van der Waals surface area contributed by atoms with Gasteiger partial charge in [0, 0.05) is 11.6 Å². The first kappa shape index (κ1) is 24.4. The summed E-state index contributed by atoms with van der Waals surface area (Å²) in [6.45, 7) is 0. The highest BCUT2D eigenvalue weighted by Gasteiger charge is 2.45. The molecule has 0 saturated heterocycles. The van der Waals surface area contributed by atoms with Crippen LogP contribution in [0.2, 0.25) is 0 Å². The van der Waals surface area contributed by atoms with E-state index in [2.05, 4.69) is 21.2 Å². The minimum atomic E-state index is -4.72. The molecule has 2 fully saturated rings. The van der Waals surface area contributed by atoms with Crippen molar-refractivity contribution in [2.75, 3.05) is 7.11 Å². The number of nitriles is 1. The summed E-state index contributed by atoms with van der Waals surface area (Å²) in [5.74, 6) is 0. The van der Waals surface area contributed by atoms with Crippen molar-refractivity contribution in [1.82, 2.24) is 5.32 Å². The number of sulfone groups is 1. The average molecular weight is 513 g/mol. The number of hydrogen-bond acceptors (Lipinski definition) is 5. The molecule has 1 aromatic rings. The molecule has 12 heteroatoms. The SMILES string of the molecule is CO[C@@H]1CC[C@@H](S(=O)(=O)c2ccc(Br)cc2C(F)(F)F)C1.N#CC1(NC(=O)O)CC1. The van der Waals surface area contributed by atoms with Crippen LogP contribution in [0.15, 0.2) is 27.6 Å². The quantitative estimate of drug-likeness (QED) is 0.626. The van der Waals surface area contributed by atoms with E-state index in [0.29, 0.717) is 25.7 Å². The zero-order valence-corrected chi connectivity index (χ0v) is 18.3. The molecule has 30 heavy (non-hydrogen) atoms. The van der Waals surface area contributed by atoms with Crippen molar-refractivity contribution in [1.29, 1.82) is 5.26 Å². The molecule has 3 rings (SSSR count). The maximum absolute atomic E-state index is 13.1. The summed E-state index contributed by atoms with van der Waals surface area (Å²) in [4.78, 5) is 9.30. The van der Waals surface area contributed by atoms with Crippen LogP contribution in [0.1, 0.15) is 37.7 Å². The molecule has 2 saturated carbocycles. The third-order valence-corrected chi connectivity index (χ3v) is 7.74. The Morgan fingerprint density at radius 2 is 2.00 bits per heavy atom. The molecule has 0 aromatic heterocycles. The Hall–Kier alpha value is -1.84. The van der Waals surface area contributed by atoms with E-state index in [0.717, 1.165) is 12.1 Å². The van der Waals surface area contributed by atoms with Gasteiger partial charge in [-0.3, -0.25) is 0 Å². The summed E-state index contributed by atoms with van der Waals surface area (Å²) in [5.41, 5.74) is -1.86. The number of nitrogens with zero attached hydrogens (tertiary/aromatic N) is 1. The van der Waals surface area contributed by atoms with E-state index in [9.17, 15) is 26.4 Å². The first-order valence-electron chi connectivity index (χ1n) is 8.90. The van der Waals surface area contributed by atoms with Crippen LogP contribution in [-0.4, -0.2) is 43.6 Å². The molecule has 2 N–H and O–H groups in total. The molecule has 0 aliphatic heterocycles. The number of ether oxygens (including phenoxy) is 1. The molecule has 0 bridgehead atoms. The third-order valence-electron chi connectivity index (χ3n) is 4.97. The smallest absolute Gasteiger partial charge is 0.417 e. The second kappa shape index (κ2) is 9.11. The molecule has 0 unspecified atom stereocenters. The maximum atomic E-state index is 13.1. The number of benzene rings is 1. The van der Waals surface area contributed by atoms with Crippen molar-refractivity contribution in [3.8, 4) is 6.07 Å². The number of methoxy groups -OCH3 is 1. The molecule has 0 spiro atoms. The molecule has 166 valence electrons. The highest BCUT2D eigenvalue weighted by Crippen LogP contribution is 2.40. The van der Waals surface area contributed by atoms with Gasteiger partial charge < -0.3 is 15.2 Å². The van der Waals surface area contributed by atoms with E-state index >= 15 is 0 Å². The van der Waals surface area contributed by atoms with Crippen molar-refractivity contribution in [3.63, 3.8) is 0 Å². The predicted octanol–water partition coefficient (Wildman–Crippen LogP) is 4.12. The molecular formula is C18H20BrF3N2O5S. The van der Waals surface area contributed by atoms with Crippen molar-refractivity contribution >= 4 is 31.9 Å². The number of nitrogens with one attached hydrogen (secondary N) is 1. The zero-order valence-electron chi connectivity index (χ0n) is 15.9. The van der Waals surface area contributed by atoms with Crippen LogP contribution in [0, 0.1) is 11.3 Å². The largest absolute Gasteiger partial charge is 0.465 e. The molecule has 0 radical (unpaired) electrons. The standard InChI is InChI=1S/C13H14BrF3O3S.C5H6N2O2/c1-20-9-3-4-10(7-9)21(18,19)12-5-2-8(14)6-11(12)13(15,16)17;6-3-5(1-2-5)7-4(8)9/h2,5-6,9-10H,3-4,7H2,1H3;7H,1-2H2,(H,8,9)/t9-,10-;/m1./s1. The Balaban J connectivity index is 0.000000297. The van der Waals surface area contributed by atoms with Gasteiger partial charge in [0.25, 0.3) is 0 Å². The van der Waals surface area contributed by atoms with Crippen molar-refractivity contribution in [2.45, 2.75) is 60.1 Å². The number of carboxylic acid groups (broad SMARTS) is 1. The lowest BCUT2D eigenvalue weighted by Gasteiger charge is -2.17. The number of hydrogen-bond donors (Lipinski definition) is 2. The fourth-order valence-corrected chi connectivity index (χ4v) is 5.52. The van der Waals surface area contributed by atoms with Gasteiger partial charge in [0.15, 0.2) is 9.84 Å². The molecule has 2 aliphatic carbocycles. The monoisotopic (exact) mass is 512 g/mol. The van der Waals surface area contributed by atoms with Gasteiger partial charge >= 0.3 is 12.3 Å². The van der Waals surface area contributed by atoms with Gasteiger partial charge in [-0.1, -0.05) is 15.9 Å². The van der Waals surface area contributed by atoms with E-state index in [-0.39, 0.29) is 17.0 Å². The molecule has 7 nitrogen and oxygen atoms in total. The fourth-order valence-electron chi connectivity index (χ4n) is 3.14. The number of halogens is 4. The van der Waals surface area contributed by atoms with Gasteiger partial charge in [-0.05, 0) is 50.3 Å². The Morgan fingerprint density at radius 3 is 2.40 bits per heavy atom. The molecule has 1 aromatic carbocycles. The minimum absolute atomic E-state index is 0.190. The normalized spacial score (nSPS) is 22.4. The molecular weight excluding hydrogens is 493 g/mol. The van der Waals surface area contributed by atoms with Gasteiger partial charge in [0.2, 0.25) is 0 Å². The maximum Gasteiger partial charge on any atom is 0.417 e. The summed E-state index contributed by atoms with van der Waals surface area (Å²) in [6.07, 6.45) is -3.67. The zero-order chi connectivity index (χ0) is 22.7. The van der Waals surface area contributed by atoms with Crippen LogP contribution in [0.5, 0.6) is 0 Å². The topological polar surface area (TPSA) is 116 Å². The van der Waals surface area contributed by atoms with Gasteiger partial charge in [-0.25, -0.2) is 13.2 Å². The lowest BCUT2D eigenvalue weighted by atomic mass is 10.2. The Labute approximate surface area is 180 Å². The first-order chi connectivity index (χ1) is 13.8. The number of carbonyl (C=O) groups is 1. The first-order valence-corrected chi connectivity index (χ1v) is 11.2. The Morgan fingerprint density at radius 1 is 1.37 bits per heavy atom. The fraction of sp³-hybridized carbons (Fsp3) is 0.556. The number of amides is 1. The van der Waals surface area contributed by atoms with Crippen LogP contribution < -0.4 is 5.32 Å². The summed E-state index contributed by atoms with van der Waals surface area (Å²) >= 11 is 2.94. The van der Waals surface area contributed by atoms with Crippen LogP contribution in [0.4, 0.5) is 18.0 Å². The molecule has 2 atom stereocenters. The summed E-state index contributed by atoms with van der Waals surface area (Å²) in [6, 6.07) is 5.02. The number of rotatable bonds is 4. The second-order valence-electron chi connectivity index (χ2n) is 7.10. The predicted molar refractivity (Wildman–Crippen MR) is 104 cm³/mol. The third kappa shape index (κ3) is 5.86. The minimum Gasteiger partial charge on any atom is -0.465 e. The number of alkyl halides is 3.